The van der Waals surface area contributed by atoms with Gasteiger partial charge in [0.15, 0.2) is 12.1 Å². The van der Waals surface area contributed by atoms with Gasteiger partial charge in [0, 0.05) is 37.1 Å². The summed E-state index contributed by atoms with van der Waals surface area (Å²) in [4.78, 5) is 57.8. The molecule has 13 atom stereocenters. The number of ketones is 2. The number of ether oxygens (including phenoxy) is 5. The van der Waals surface area contributed by atoms with Gasteiger partial charge in [-0.1, -0.05) is 70.5 Å². The molecule has 4 rings (SSSR count). The molecule has 1 aromatic heterocycles. The molecule has 0 spiro atoms. The molecular weight excluding hydrogens is 775 g/mol. The minimum Gasteiger partial charge on any atom is -0.459 e. The third kappa shape index (κ3) is 11.4. The maximum Gasteiger partial charge on any atom is 0.407 e. The van der Waals surface area contributed by atoms with Gasteiger partial charge >= 0.3 is 12.1 Å². The Hall–Kier alpha value is -3.80. The van der Waals surface area contributed by atoms with Gasteiger partial charge in [0.25, 0.3) is 0 Å². The fraction of sp³-hybridized carbons (Fsp3) is 0.727. The highest BCUT2D eigenvalue weighted by atomic mass is 16.7. The highest BCUT2D eigenvalue weighted by molar-refractivity contribution is 6.00. The predicted octanol–water partition coefficient (Wildman–Crippen LogP) is 4.37. The molecule has 2 aromatic rings. The summed E-state index contributed by atoms with van der Waals surface area (Å²) in [6.45, 7) is 15.3. The zero-order valence-electron chi connectivity index (χ0n) is 37.5. The fourth-order valence-corrected chi connectivity index (χ4v) is 8.74. The van der Waals surface area contributed by atoms with E-state index in [-0.39, 0.29) is 43.9 Å². The molecular formula is C44H69N5O11. The van der Waals surface area contributed by atoms with E-state index >= 15 is 0 Å². The number of aromatic nitrogens is 3. The lowest BCUT2D eigenvalue weighted by Gasteiger charge is -2.47. The number of likely N-dealkylation sites (N-methyl/N-ethyl adjacent to an activating group) is 1. The van der Waals surface area contributed by atoms with Crippen LogP contribution in [0.15, 0.2) is 30.5 Å². The lowest BCUT2D eigenvalue weighted by atomic mass is 9.74. The molecule has 60 heavy (non-hydrogen) atoms. The van der Waals surface area contributed by atoms with Gasteiger partial charge in [-0.05, 0) is 73.0 Å². The molecule has 3 N–H and O–H groups in total. The van der Waals surface area contributed by atoms with Gasteiger partial charge in [0.1, 0.15) is 41.3 Å². The number of carbonyl (C=O) groups is 4. The van der Waals surface area contributed by atoms with E-state index in [1.807, 2.05) is 38.1 Å². The average Bonchev–Trinajstić information content (AvgIpc) is 3.69. The van der Waals surface area contributed by atoms with Gasteiger partial charge in [-0.25, -0.2) is 4.79 Å². The molecule has 16 nitrogen and oxygen atoms in total. The van der Waals surface area contributed by atoms with Crippen molar-refractivity contribution in [2.24, 2.45) is 23.7 Å². The normalized spacial score (nSPS) is 34.9. The third-order valence-corrected chi connectivity index (χ3v) is 12.4. The Bertz CT molecular complexity index is 1750. The molecule has 2 aliphatic heterocycles. The van der Waals surface area contributed by atoms with Crippen LogP contribution in [0, 0.1) is 23.7 Å². The second-order valence-electron chi connectivity index (χ2n) is 17.5. The zero-order valence-corrected chi connectivity index (χ0v) is 37.5. The van der Waals surface area contributed by atoms with E-state index in [0.717, 1.165) is 18.4 Å². The van der Waals surface area contributed by atoms with Crippen LogP contribution in [0.5, 0.6) is 0 Å². The van der Waals surface area contributed by atoms with Crippen LogP contribution in [0.25, 0.3) is 11.3 Å². The molecule has 3 heterocycles. The van der Waals surface area contributed by atoms with E-state index in [0.29, 0.717) is 12.1 Å². The minimum absolute atomic E-state index is 0.0182. The summed E-state index contributed by atoms with van der Waals surface area (Å²) < 4.78 is 32.1. The number of amides is 1. The Morgan fingerprint density at radius 3 is 2.27 bits per heavy atom. The van der Waals surface area contributed by atoms with Gasteiger partial charge in [-0.2, -0.15) is 0 Å². The summed E-state index contributed by atoms with van der Waals surface area (Å²) in [5.74, 6) is -6.06. The molecule has 2 aliphatic rings. The van der Waals surface area contributed by atoms with Crippen LogP contribution in [-0.2, 0) is 51.0 Å². The fourth-order valence-electron chi connectivity index (χ4n) is 8.74. The smallest absolute Gasteiger partial charge is 0.407 e. The number of aliphatic hydroxyl groups excluding tert-OH is 1. The van der Waals surface area contributed by atoms with Crippen LogP contribution in [0.1, 0.15) is 93.6 Å². The quantitative estimate of drug-likeness (QED) is 0.201. The lowest BCUT2D eigenvalue weighted by molar-refractivity contribution is -0.295. The van der Waals surface area contributed by atoms with Crippen LogP contribution in [-0.4, -0.2) is 136 Å². The topological polar surface area (TPSA) is 201 Å². The second-order valence-corrected chi connectivity index (χ2v) is 17.5. The van der Waals surface area contributed by atoms with Crippen molar-refractivity contribution in [3.05, 3.63) is 36.0 Å². The molecule has 0 radical (unpaired) electrons. The molecule has 16 heteroatoms. The summed E-state index contributed by atoms with van der Waals surface area (Å²) in [6.07, 6.45) is -2.89. The van der Waals surface area contributed by atoms with Gasteiger partial charge in [0.05, 0.1) is 36.5 Å². The number of esters is 1. The number of rotatable bonds is 12. The lowest BCUT2D eigenvalue weighted by Crippen LogP contribution is -2.60. The summed E-state index contributed by atoms with van der Waals surface area (Å²) in [5, 5.41) is 34.7. The number of hydrogen-bond acceptors (Lipinski definition) is 14. The van der Waals surface area contributed by atoms with Crippen LogP contribution in [0.2, 0.25) is 0 Å². The van der Waals surface area contributed by atoms with Crippen molar-refractivity contribution in [2.75, 3.05) is 27.7 Å². The molecule has 0 unspecified atom stereocenters. The van der Waals surface area contributed by atoms with Gasteiger partial charge in [-0.15, -0.1) is 5.10 Å². The van der Waals surface area contributed by atoms with E-state index < -0.39 is 83.4 Å². The molecule has 0 aliphatic carbocycles. The van der Waals surface area contributed by atoms with Crippen molar-refractivity contribution in [3.8, 4) is 11.3 Å². The summed E-state index contributed by atoms with van der Waals surface area (Å²) in [5.41, 5.74) is -0.596. The zero-order chi connectivity index (χ0) is 44.7. The van der Waals surface area contributed by atoms with Crippen molar-refractivity contribution >= 4 is 23.6 Å². The number of carbonyl (C=O) groups excluding carboxylic acids is 4. The first-order valence-electron chi connectivity index (χ1n) is 21.3. The van der Waals surface area contributed by atoms with Crippen LogP contribution < -0.4 is 5.32 Å². The number of nitrogens with one attached hydrogen (secondary N) is 1. The van der Waals surface area contributed by atoms with E-state index in [1.54, 1.807) is 45.5 Å². The third-order valence-electron chi connectivity index (χ3n) is 12.4. The molecule has 0 saturated carbocycles. The molecule has 1 aromatic carbocycles. The van der Waals surface area contributed by atoms with Crippen LogP contribution >= 0.6 is 0 Å². The number of benzene rings is 1. The van der Waals surface area contributed by atoms with Crippen LogP contribution in [0.4, 0.5) is 4.79 Å². The first kappa shape index (κ1) is 48.9. The molecule has 1 amide bonds. The number of aliphatic hydroxyl groups is 2. The minimum atomic E-state index is -2.08. The number of aryl methyl sites for hydroxylation is 1. The maximum absolute atomic E-state index is 14.5. The van der Waals surface area contributed by atoms with E-state index in [2.05, 4.69) is 34.7 Å². The van der Waals surface area contributed by atoms with Crippen LogP contribution in [0.3, 0.4) is 0 Å². The van der Waals surface area contributed by atoms with Crippen molar-refractivity contribution in [1.82, 2.24) is 25.2 Å². The first-order chi connectivity index (χ1) is 28.2. The summed E-state index contributed by atoms with van der Waals surface area (Å²) >= 11 is 0. The van der Waals surface area contributed by atoms with Crippen molar-refractivity contribution in [1.29, 1.82) is 0 Å². The Morgan fingerprint density at radius 2 is 1.67 bits per heavy atom. The Kier molecular flexibility index (Phi) is 17.0. The molecule has 0 bridgehead atoms. The number of hydrogen-bond donors (Lipinski definition) is 3. The second kappa shape index (κ2) is 20.8. The number of methoxy groups -OCH3 is 1. The number of nitrogens with zero attached hydrogens (tertiary/aromatic N) is 4. The Morgan fingerprint density at radius 1 is 1.02 bits per heavy atom. The number of alkyl carbamates (subject to hydrolysis) is 1. The largest absolute Gasteiger partial charge is 0.459 e. The van der Waals surface area contributed by atoms with E-state index in [9.17, 15) is 29.4 Å². The Balaban J connectivity index is 1.59. The van der Waals surface area contributed by atoms with Crippen molar-refractivity contribution in [2.45, 2.75) is 155 Å². The van der Waals surface area contributed by atoms with Gasteiger partial charge in [0.2, 0.25) is 0 Å². The monoisotopic (exact) mass is 843 g/mol. The van der Waals surface area contributed by atoms with E-state index in [1.165, 1.54) is 26.5 Å². The molecule has 336 valence electrons. The standard InChI is InChI=1S/C44H69N5O11/c1-13-15-30-16-18-31(19-17-30)32-24-49(47-46-32)21-20-45-42(54)60-39-27(5)35(50)25(3)23-43(8,56-12)38(59-41-37(52)33(48(10)11)22-26(4)57-41)28(6)36(51)29(7)40(53)58-34(14-2)44(39,9)55/h16-19,24-29,33-34,37-39,41,52,55H,13-15,20-23H2,1-12H3,(H,45,54)/t25-,26+,27+,28+,29-,33-,34-,37+,38-,39-,41-,43-,44-/m1/s1. The molecule has 2 saturated heterocycles. The van der Waals surface area contributed by atoms with Crippen molar-refractivity contribution < 1.29 is 53.1 Å². The SMILES string of the molecule is CCCc1ccc(-c2cn(CCNC(=O)O[C@@H]3[C@@H](C)C(=O)[C@H](C)C[C@@](C)(OC)[C@H](O[C@H]4O[C@@H](C)C[C@@H](N(C)C)[C@@H]4O)[C@@H](C)C(=O)[C@@H](C)C(=O)O[C@H](CC)[C@@]3(C)O)nn2)cc1. The maximum atomic E-state index is 14.5. The highest BCUT2D eigenvalue weighted by Crippen LogP contribution is 2.39. The number of Topliss-reactive ketones (excluding diaryl/α,β-unsaturated/α-hetero) is 2. The summed E-state index contributed by atoms with van der Waals surface area (Å²) in [6, 6.07) is 7.81. The van der Waals surface area contributed by atoms with Gasteiger partial charge in [-0.3, -0.25) is 19.1 Å². The average molecular weight is 844 g/mol. The highest BCUT2D eigenvalue weighted by Gasteiger charge is 2.53. The Labute approximate surface area is 355 Å². The summed E-state index contributed by atoms with van der Waals surface area (Å²) in [7, 11) is 5.14. The first-order valence-corrected chi connectivity index (χ1v) is 21.3. The van der Waals surface area contributed by atoms with Gasteiger partial charge < -0.3 is 44.1 Å². The van der Waals surface area contributed by atoms with Crippen molar-refractivity contribution in [3.63, 3.8) is 0 Å². The predicted molar refractivity (Wildman–Crippen MR) is 223 cm³/mol. The number of cyclic esters (lactones) is 1. The molecule has 2 fully saturated rings. The van der Waals surface area contributed by atoms with E-state index in [4.69, 9.17) is 23.7 Å².